The minimum absolute atomic E-state index is 0.0722. The molecule has 1 aromatic rings. The number of nitrogens with two attached hydrogens (primary N) is 1. The lowest BCUT2D eigenvalue weighted by atomic mass is 10.2. The number of hydrogen-bond acceptors (Lipinski definition) is 5. The van der Waals surface area contributed by atoms with Crippen LogP contribution in [0.3, 0.4) is 0 Å². The van der Waals surface area contributed by atoms with Gasteiger partial charge in [0, 0.05) is 25.3 Å². The third kappa shape index (κ3) is 5.62. The SMILES string of the molecule is Nc1ccccc1CS(=O)(=O)NCCCN1CCOCC1. The standard InChI is InChI=1S/C14H23N3O3S/c15-14-5-2-1-4-13(14)12-21(18,19)16-6-3-7-17-8-10-20-11-9-17/h1-2,4-5,16H,3,6-12,15H2. The van der Waals surface area contributed by atoms with E-state index in [9.17, 15) is 8.42 Å². The summed E-state index contributed by atoms with van der Waals surface area (Å²) < 4.78 is 31.9. The molecule has 6 nitrogen and oxygen atoms in total. The summed E-state index contributed by atoms with van der Waals surface area (Å²) in [5.41, 5.74) is 6.92. The maximum atomic E-state index is 12.0. The molecule has 0 unspecified atom stereocenters. The highest BCUT2D eigenvalue weighted by Gasteiger charge is 2.14. The zero-order chi connectivity index (χ0) is 15.1. The van der Waals surface area contributed by atoms with Crippen molar-refractivity contribution in [1.82, 2.24) is 9.62 Å². The van der Waals surface area contributed by atoms with Gasteiger partial charge in [-0.3, -0.25) is 4.90 Å². The Hall–Kier alpha value is -1.15. The van der Waals surface area contributed by atoms with Gasteiger partial charge in [0.15, 0.2) is 0 Å². The summed E-state index contributed by atoms with van der Waals surface area (Å²) in [6, 6.07) is 7.03. The highest BCUT2D eigenvalue weighted by molar-refractivity contribution is 7.88. The van der Waals surface area contributed by atoms with E-state index >= 15 is 0 Å². The van der Waals surface area contributed by atoms with Crippen molar-refractivity contribution in [2.45, 2.75) is 12.2 Å². The lowest BCUT2D eigenvalue weighted by Gasteiger charge is -2.26. The van der Waals surface area contributed by atoms with Crippen LogP contribution in [0.25, 0.3) is 0 Å². The van der Waals surface area contributed by atoms with Gasteiger partial charge in [-0.1, -0.05) is 18.2 Å². The summed E-state index contributed by atoms with van der Waals surface area (Å²) in [5.74, 6) is -0.0722. The van der Waals surface area contributed by atoms with E-state index in [-0.39, 0.29) is 5.75 Å². The molecule has 0 radical (unpaired) electrons. The molecule has 1 aliphatic rings. The summed E-state index contributed by atoms with van der Waals surface area (Å²) in [7, 11) is -3.33. The van der Waals surface area contributed by atoms with Gasteiger partial charge >= 0.3 is 0 Å². The molecular formula is C14H23N3O3S. The van der Waals surface area contributed by atoms with E-state index in [1.165, 1.54) is 0 Å². The van der Waals surface area contributed by atoms with Crippen LogP contribution in [0.1, 0.15) is 12.0 Å². The summed E-state index contributed by atoms with van der Waals surface area (Å²) >= 11 is 0. The number of hydrogen-bond donors (Lipinski definition) is 2. The van der Waals surface area contributed by atoms with Gasteiger partial charge in [-0.25, -0.2) is 13.1 Å². The Morgan fingerprint density at radius 1 is 1.24 bits per heavy atom. The second kappa shape index (κ2) is 7.74. The predicted octanol–water partition coefficient (Wildman–Crippen LogP) is 0.411. The minimum atomic E-state index is -3.33. The van der Waals surface area contributed by atoms with Gasteiger partial charge in [0.05, 0.1) is 19.0 Å². The first-order valence-corrected chi connectivity index (χ1v) is 8.83. The molecule has 1 aromatic carbocycles. The summed E-state index contributed by atoms with van der Waals surface area (Å²) in [5, 5.41) is 0. The number of rotatable bonds is 7. The second-order valence-corrected chi connectivity index (χ2v) is 6.97. The predicted molar refractivity (Wildman–Crippen MR) is 83.4 cm³/mol. The molecule has 1 fully saturated rings. The van der Waals surface area contributed by atoms with Crippen LogP contribution in [-0.4, -0.2) is 52.7 Å². The van der Waals surface area contributed by atoms with Crippen molar-refractivity contribution in [3.05, 3.63) is 29.8 Å². The maximum absolute atomic E-state index is 12.0. The number of nitrogen functional groups attached to an aromatic ring is 1. The largest absolute Gasteiger partial charge is 0.398 e. The number of benzene rings is 1. The van der Waals surface area contributed by atoms with Gasteiger partial charge in [-0.15, -0.1) is 0 Å². The molecule has 0 amide bonds. The van der Waals surface area contributed by atoms with E-state index in [2.05, 4.69) is 9.62 Å². The Morgan fingerprint density at radius 3 is 2.67 bits per heavy atom. The minimum Gasteiger partial charge on any atom is -0.398 e. The van der Waals surface area contributed by atoms with E-state index in [4.69, 9.17) is 10.5 Å². The van der Waals surface area contributed by atoms with Crippen molar-refractivity contribution in [3.63, 3.8) is 0 Å². The van der Waals surface area contributed by atoms with Gasteiger partial charge < -0.3 is 10.5 Å². The molecule has 0 atom stereocenters. The Labute approximate surface area is 126 Å². The number of nitrogens with one attached hydrogen (secondary N) is 1. The van der Waals surface area contributed by atoms with Crippen LogP contribution in [0.15, 0.2) is 24.3 Å². The fourth-order valence-corrected chi connectivity index (χ4v) is 3.51. The van der Waals surface area contributed by atoms with Crippen LogP contribution in [0, 0.1) is 0 Å². The molecule has 1 heterocycles. The third-order valence-electron chi connectivity index (χ3n) is 3.48. The van der Waals surface area contributed by atoms with Crippen molar-refractivity contribution in [1.29, 1.82) is 0 Å². The average Bonchev–Trinajstić information content (AvgIpc) is 2.47. The van der Waals surface area contributed by atoms with Gasteiger partial charge in [0.25, 0.3) is 0 Å². The fraction of sp³-hybridized carbons (Fsp3) is 0.571. The van der Waals surface area contributed by atoms with E-state index in [1.54, 1.807) is 24.3 Å². The Bertz CT molecular complexity index is 542. The smallest absolute Gasteiger partial charge is 0.215 e. The van der Waals surface area contributed by atoms with Gasteiger partial charge in [0.2, 0.25) is 10.0 Å². The average molecular weight is 313 g/mol. The van der Waals surface area contributed by atoms with Crippen LogP contribution < -0.4 is 10.5 Å². The van der Waals surface area contributed by atoms with E-state index < -0.39 is 10.0 Å². The first-order chi connectivity index (χ1) is 10.1. The molecule has 1 saturated heterocycles. The Morgan fingerprint density at radius 2 is 1.95 bits per heavy atom. The van der Waals surface area contributed by atoms with E-state index in [0.29, 0.717) is 17.8 Å². The zero-order valence-electron chi connectivity index (χ0n) is 12.1. The van der Waals surface area contributed by atoms with Crippen LogP contribution in [-0.2, 0) is 20.5 Å². The van der Waals surface area contributed by atoms with Crippen molar-refractivity contribution < 1.29 is 13.2 Å². The van der Waals surface area contributed by atoms with Crippen LogP contribution in [0.4, 0.5) is 5.69 Å². The molecule has 0 bridgehead atoms. The van der Waals surface area contributed by atoms with Gasteiger partial charge in [0.1, 0.15) is 0 Å². The molecule has 0 spiro atoms. The molecule has 21 heavy (non-hydrogen) atoms. The molecule has 118 valence electrons. The lowest BCUT2D eigenvalue weighted by Crippen LogP contribution is -2.38. The van der Waals surface area contributed by atoms with Crippen LogP contribution >= 0.6 is 0 Å². The van der Waals surface area contributed by atoms with Crippen molar-refractivity contribution >= 4 is 15.7 Å². The van der Waals surface area contributed by atoms with Crippen LogP contribution in [0.2, 0.25) is 0 Å². The van der Waals surface area contributed by atoms with Gasteiger partial charge in [-0.2, -0.15) is 0 Å². The molecule has 0 aliphatic carbocycles. The maximum Gasteiger partial charge on any atom is 0.215 e. The molecular weight excluding hydrogens is 290 g/mol. The first kappa shape index (κ1) is 16.2. The molecule has 0 saturated carbocycles. The van der Waals surface area contributed by atoms with E-state index in [1.807, 2.05) is 0 Å². The Balaban J connectivity index is 1.72. The molecule has 0 aromatic heterocycles. The van der Waals surface area contributed by atoms with Crippen molar-refractivity contribution in [2.24, 2.45) is 0 Å². The third-order valence-corrected chi connectivity index (χ3v) is 4.81. The normalized spacial score (nSPS) is 17.0. The topological polar surface area (TPSA) is 84.7 Å². The van der Waals surface area contributed by atoms with E-state index in [0.717, 1.165) is 39.3 Å². The van der Waals surface area contributed by atoms with Crippen LogP contribution in [0.5, 0.6) is 0 Å². The summed E-state index contributed by atoms with van der Waals surface area (Å²) in [6.45, 7) is 4.71. The molecule has 7 heteroatoms. The zero-order valence-corrected chi connectivity index (χ0v) is 12.9. The second-order valence-electron chi connectivity index (χ2n) is 5.16. The number of anilines is 1. The summed E-state index contributed by atoms with van der Waals surface area (Å²) in [4.78, 5) is 2.28. The quantitative estimate of drug-likeness (QED) is 0.563. The number of para-hydroxylation sites is 1. The number of ether oxygens (including phenoxy) is 1. The number of sulfonamides is 1. The molecule has 1 aliphatic heterocycles. The Kier molecular flexibility index (Phi) is 5.98. The lowest BCUT2D eigenvalue weighted by molar-refractivity contribution is 0.0376. The van der Waals surface area contributed by atoms with Crippen molar-refractivity contribution in [2.75, 3.05) is 45.1 Å². The van der Waals surface area contributed by atoms with Crippen molar-refractivity contribution in [3.8, 4) is 0 Å². The highest BCUT2D eigenvalue weighted by atomic mass is 32.2. The van der Waals surface area contributed by atoms with Gasteiger partial charge in [-0.05, 0) is 24.6 Å². The monoisotopic (exact) mass is 313 g/mol. The number of morpholine rings is 1. The summed E-state index contributed by atoms with van der Waals surface area (Å²) in [6.07, 6.45) is 0.795. The highest BCUT2D eigenvalue weighted by Crippen LogP contribution is 2.13. The fourth-order valence-electron chi connectivity index (χ4n) is 2.28. The molecule has 2 rings (SSSR count). The molecule has 3 N–H and O–H groups in total. The number of nitrogens with zero attached hydrogens (tertiary/aromatic N) is 1. The first-order valence-electron chi connectivity index (χ1n) is 7.18.